The molecule has 3 fully saturated rings. The van der Waals surface area contributed by atoms with E-state index in [9.17, 15) is 21.6 Å². The summed E-state index contributed by atoms with van der Waals surface area (Å²) in [5.41, 5.74) is 0.423. The molecule has 10 heteroatoms. The van der Waals surface area contributed by atoms with Gasteiger partial charge in [-0.3, -0.25) is 4.79 Å². The molecule has 0 aromatic heterocycles. The van der Waals surface area contributed by atoms with Crippen LogP contribution >= 0.6 is 0 Å². The lowest BCUT2D eigenvalue weighted by Crippen LogP contribution is -2.42. The lowest BCUT2D eigenvalue weighted by atomic mass is 9.98. The molecule has 8 nitrogen and oxygen atoms in total. The minimum absolute atomic E-state index is 0.176. The molecular weight excluding hydrogens is 438 g/mol. The Morgan fingerprint density at radius 2 is 1.45 bits per heavy atom. The molecule has 0 atom stereocenters. The van der Waals surface area contributed by atoms with E-state index in [1.807, 2.05) is 0 Å². The van der Waals surface area contributed by atoms with Crippen molar-refractivity contribution in [2.45, 2.75) is 55.1 Å². The van der Waals surface area contributed by atoms with Crippen LogP contribution in [0.25, 0.3) is 0 Å². The topological polar surface area (TPSA) is 104 Å². The maximum absolute atomic E-state index is 12.7. The van der Waals surface area contributed by atoms with Gasteiger partial charge in [0.1, 0.15) is 0 Å². The zero-order valence-electron chi connectivity index (χ0n) is 17.7. The molecule has 0 bridgehead atoms. The standard InChI is InChI=1S/C21H31N3O5S2/c25-21(22-16-17-10-14-24(15-11-17)31(28,29)20-8-9-20)18-4-6-19(7-5-18)30(26,27)23-12-2-1-3-13-23/h4-7,17,20H,1-3,8-16H2,(H,22,25). The van der Waals surface area contributed by atoms with Crippen molar-refractivity contribution in [3.63, 3.8) is 0 Å². The number of sulfonamides is 2. The van der Waals surface area contributed by atoms with Crippen LogP contribution in [-0.4, -0.2) is 69.3 Å². The van der Waals surface area contributed by atoms with Crippen molar-refractivity contribution in [1.82, 2.24) is 13.9 Å². The van der Waals surface area contributed by atoms with Crippen LogP contribution in [0, 0.1) is 5.92 Å². The average molecular weight is 470 g/mol. The first-order valence-corrected chi connectivity index (χ1v) is 14.1. The SMILES string of the molecule is O=C(NCC1CCN(S(=O)(=O)C2CC2)CC1)c1ccc(S(=O)(=O)N2CCCCC2)cc1. The van der Waals surface area contributed by atoms with Crippen molar-refractivity contribution >= 4 is 26.0 Å². The molecule has 31 heavy (non-hydrogen) atoms. The molecule has 0 unspecified atom stereocenters. The first-order chi connectivity index (χ1) is 14.8. The number of hydrogen-bond donors (Lipinski definition) is 1. The van der Waals surface area contributed by atoms with E-state index in [0.29, 0.717) is 38.3 Å². The number of nitrogens with zero attached hydrogens (tertiary/aromatic N) is 2. The predicted molar refractivity (Wildman–Crippen MR) is 118 cm³/mol. The van der Waals surface area contributed by atoms with Gasteiger partial charge >= 0.3 is 0 Å². The second-order valence-corrected chi connectivity index (χ2v) is 12.9. The maximum Gasteiger partial charge on any atom is 0.251 e. The Kier molecular flexibility index (Phi) is 6.71. The Balaban J connectivity index is 1.27. The molecule has 1 aromatic rings. The summed E-state index contributed by atoms with van der Waals surface area (Å²) in [4.78, 5) is 12.7. The molecule has 172 valence electrons. The summed E-state index contributed by atoms with van der Waals surface area (Å²) in [6.07, 6.45) is 5.84. The van der Waals surface area contributed by atoms with Gasteiger partial charge in [-0.1, -0.05) is 6.42 Å². The fourth-order valence-corrected chi connectivity index (χ4v) is 7.71. The van der Waals surface area contributed by atoms with E-state index in [2.05, 4.69) is 5.32 Å². The first-order valence-electron chi connectivity index (χ1n) is 11.2. The summed E-state index contributed by atoms with van der Waals surface area (Å²) in [5, 5.41) is 2.74. The number of nitrogens with one attached hydrogen (secondary N) is 1. The molecular formula is C21H31N3O5S2. The van der Waals surface area contributed by atoms with Crippen LogP contribution in [0.3, 0.4) is 0 Å². The van der Waals surface area contributed by atoms with Crippen LogP contribution in [0.5, 0.6) is 0 Å². The summed E-state index contributed by atoms with van der Waals surface area (Å²) in [6, 6.07) is 6.11. The molecule has 1 saturated carbocycles. The van der Waals surface area contributed by atoms with Gasteiger partial charge in [0.2, 0.25) is 20.0 Å². The first kappa shape index (κ1) is 22.7. The minimum Gasteiger partial charge on any atom is -0.352 e. The minimum atomic E-state index is -3.51. The summed E-state index contributed by atoms with van der Waals surface area (Å²) < 4.78 is 53.2. The third kappa shape index (κ3) is 5.13. The number of amides is 1. The maximum atomic E-state index is 12.7. The molecule has 2 saturated heterocycles. The molecule has 1 N–H and O–H groups in total. The van der Waals surface area contributed by atoms with E-state index in [0.717, 1.165) is 44.9 Å². The van der Waals surface area contributed by atoms with E-state index in [4.69, 9.17) is 0 Å². The zero-order valence-corrected chi connectivity index (χ0v) is 19.3. The van der Waals surface area contributed by atoms with Gasteiger partial charge in [-0.25, -0.2) is 21.1 Å². The third-order valence-electron chi connectivity index (χ3n) is 6.50. The summed E-state index contributed by atoms with van der Waals surface area (Å²) in [7, 11) is -6.62. The monoisotopic (exact) mass is 469 g/mol. The Hall–Kier alpha value is -1.49. The lowest BCUT2D eigenvalue weighted by molar-refractivity contribution is 0.0941. The number of hydrogen-bond acceptors (Lipinski definition) is 5. The van der Waals surface area contributed by atoms with Crippen molar-refractivity contribution in [3.05, 3.63) is 29.8 Å². The smallest absolute Gasteiger partial charge is 0.251 e. The molecule has 1 aliphatic carbocycles. The molecule has 3 aliphatic rings. The van der Waals surface area contributed by atoms with Crippen molar-refractivity contribution in [2.24, 2.45) is 5.92 Å². The molecule has 1 amide bonds. The van der Waals surface area contributed by atoms with Gasteiger partial charge in [-0.15, -0.1) is 0 Å². The Labute approximate surface area is 185 Å². The van der Waals surface area contributed by atoms with Gasteiger partial charge in [0.25, 0.3) is 5.91 Å². The fraction of sp³-hybridized carbons (Fsp3) is 0.667. The van der Waals surface area contributed by atoms with Gasteiger partial charge in [0.05, 0.1) is 10.1 Å². The Morgan fingerprint density at radius 3 is 2.03 bits per heavy atom. The summed E-state index contributed by atoms with van der Waals surface area (Å²) in [6.45, 7) is 2.62. The van der Waals surface area contributed by atoms with Gasteiger partial charge in [0, 0.05) is 38.3 Å². The highest BCUT2D eigenvalue weighted by molar-refractivity contribution is 7.90. The fourth-order valence-electron chi connectivity index (χ4n) is 4.32. The second-order valence-electron chi connectivity index (χ2n) is 8.79. The van der Waals surface area contributed by atoms with Crippen LogP contribution < -0.4 is 5.32 Å². The Morgan fingerprint density at radius 1 is 0.839 bits per heavy atom. The van der Waals surface area contributed by atoms with Crippen LogP contribution in [0.15, 0.2) is 29.2 Å². The van der Waals surface area contributed by atoms with Gasteiger partial charge in [-0.2, -0.15) is 4.31 Å². The highest BCUT2D eigenvalue weighted by atomic mass is 32.2. The van der Waals surface area contributed by atoms with Gasteiger partial charge in [0.15, 0.2) is 0 Å². The van der Waals surface area contributed by atoms with Crippen LogP contribution in [0.4, 0.5) is 0 Å². The molecule has 4 rings (SSSR count). The van der Waals surface area contributed by atoms with E-state index in [1.54, 1.807) is 16.4 Å². The van der Waals surface area contributed by atoms with Crippen molar-refractivity contribution in [2.75, 3.05) is 32.7 Å². The zero-order chi connectivity index (χ0) is 22.1. The van der Waals surface area contributed by atoms with Crippen molar-refractivity contribution in [1.29, 1.82) is 0 Å². The molecule has 2 aliphatic heterocycles. The van der Waals surface area contributed by atoms with Crippen LogP contribution in [0.1, 0.15) is 55.3 Å². The van der Waals surface area contributed by atoms with E-state index >= 15 is 0 Å². The summed E-state index contributed by atoms with van der Waals surface area (Å²) in [5.74, 6) is 0.00306. The summed E-state index contributed by atoms with van der Waals surface area (Å²) >= 11 is 0. The van der Waals surface area contributed by atoms with Crippen LogP contribution in [-0.2, 0) is 20.0 Å². The number of rotatable bonds is 7. The number of benzene rings is 1. The predicted octanol–water partition coefficient (Wildman–Crippen LogP) is 1.80. The van der Waals surface area contributed by atoms with E-state index < -0.39 is 20.0 Å². The van der Waals surface area contributed by atoms with Crippen LogP contribution in [0.2, 0.25) is 0 Å². The largest absolute Gasteiger partial charge is 0.352 e. The highest BCUT2D eigenvalue weighted by Crippen LogP contribution is 2.33. The highest BCUT2D eigenvalue weighted by Gasteiger charge is 2.41. The van der Waals surface area contributed by atoms with E-state index in [-0.39, 0.29) is 22.0 Å². The van der Waals surface area contributed by atoms with Gasteiger partial charge < -0.3 is 5.32 Å². The van der Waals surface area contributed by atoms with E-state index in [1.165, 1.54) is 16.4 Å². The quantitative estimate of drug-likeness (QED) is 0.656. The molecule has 0 spiro atoms. The normalized spacial score (nSPS) is 22.3. The molecule has 2 heterocycles. The number of piperidine rings is 2. The number of carbonyl (C=O) groups is 1. The van der Waals surface area contributed by atoms with Crippen molar-refractivity contribution in [3.8, 4) is 0 Å². The average Bonchev–Trinajstić information content (AvgIpc) is 3.65. The molecule has 1 aromatic carbocycles. The van der Waals surface area contributed by atoms with Crippen molar-refractivity contribution < 1.29 is 21.6 Å². The third-order valence-corrected chi connectivity index (χ3v) is 10.8. The number of carbonyl (C=O) groups excluding carboxylic acids is 1. The second kappa shape index (κ2) is 9.17. The molecule has 0 radical (unpaired) electrons. The van der Waals surface area contributed by atoms with Gasteiger partial charge in [-0.05, 0) is 68.7 Å². The Bertz CT molecular complexity index is 990. The lowest BCUT2D eigenvalue weighted by Gasteiger charge is -2.31.